The number of aromatic nitrogens is 6. The zero-order valence-corrected chi connectivity index (χ0v) is 18.5. The zero-order valence-electron chi connectivity index (χ0n) is 18.5. The highest BCUT2D eigenvalue weighted by molar-refractivity contribution is 5.81. The van der Waals surface area contributed by atoms with Crippen LogP contribution in [0.3, 0.4) is 0 Å². The summed E-state index contributed by atoms with van der Waals surface area (Å²) in [6, 6.07) is 15.7. The summed E-state index contributed by atoms with van der Waals surface area (Å²) in [5.74, 6) is 1.73. The van der Waals surface area contributed by atoms with Crippen molar-refractivity contribution in [1.29, 1.82) is 0 Å². The molecule has 0 atom stereocenters. The van der Waals surface area contributed by atoms with Crippen molar-refractivity contribution in [2.45, 2.75) is 26.3 Å². The first kappa shape index (κ1) is 20.6. The van der Waals surface area contributed by atoms with Gasteiger partial charge in [-0.15, -0.1) is 5.10 Å². The standard InChI is InChI=1S/C25H24N8/c1-16(2)18-10-25(32-28-12-18)31-24-8-7-22-23(30-24)9-19(11-27-22)20-13-29-33(15-20)14-17-3-5-21(26)6-4-17/h3-13,15-16H,14,26H2,1-2H3,(H,30,31,32). The Kier molecular flexibility index (Phi) is 5.40. The van der Waals surface area contributed by atoms with Gasteiger partial charge in [0, 0.05) is 29.2 Å². The molecule has 0 spiro atoms. The van der Waals surface area contributed by atoms with Crippen LogP contribution < -0.4 is 11.1 Å². The SMILES string of the molecule is CC(C)c1cnnc(Nc2ccc3ncc(-c4cnn(Cc5ccc(N)cc5)c4)cc3n2)c1. The van der Waals surface area contributed by atoms with Gasteiger partial charge in [-0.1, -0.05) is 26.0 Å². The minimum Gasteiger partial charge on any atom is -0.399 e. The number of fused-ring (bicyclic) bond motifs is 1. The number of anilines is 3. The molecule has 8 nitrogen and oxygen atoms in total. The van der Waals surface area contributed by atoms with E-state index in [1.165, 1.54) is 0 Å². The first-order valence-electron chi connectivity index (χ1n) is 10.8. The van der Waals surface area contributed by atoms with E-state index in [0.29, 0.717) is 24.1 Å². The molecule has 1 aromatic carbocycles. The number of nitrogen functional groups attached to an aromatic ring is 1. The Bertz CT molecular complexity index is 1410. The number of nitrogens with one attached hydrogen (secondary N) is 1. The van der Waals surface area contributed by atoms with E-state index in [0.717, 1.165) is 39.0 Å². The third-order valence-electron chi connectivity index (χ3n) is 5.43. The summed E-state index contributed by atoms with van der Waals surface area (Å²) in [5.41, 5.74) is 12.3. The maximum atomic E-state index is 5.77. The topological polar surface area (TPSA) is 107 Å². The van der Waals surface area contributed by atoms with Crippen molar-refractivity contribution >= 4 is 28.4 Å². The first-order chi connectivity index (χ1) is 16.0. The second-order valence-corrected chi connectivity index (χ2v) is 8.28. The average Bonchev–Trinajstić information content (AvgIpc) is 3.29. The molecule has 0 saturated heterocycles. The monoisotopic (exact) mass is 436 g/mol. The van der Waals surface area contributed by atoms with Crippen LogP contribution in [-0.2, 0) is 6.54 Å². The Morgan fingerprint density at radius 2 is 1.76 bits per heavy atom. The van der Waals surface area contributed by atoms with Gasteiger partial charge in [-0.3, -0.25) is 9.67 Å². The highest BCUT2D eigenvalue weighted by Crippen LogP contribution is 2.24. The van der Waals surface area contributed by atoms with Crippen LogP contribution in [-0.4, -0.2) is 29.9 Å². The number of hydrogen-bond acceptors (Lipinski definition) is 7. The van der Waals surface area contributed by atoms with Crippen LogP contribution >= 0.6 is 0 Å². The summed E-state index contributed by atoms with van der Waals surface area (Å²) in [7, 11) is 0. The van der Waals surface area contributed by atoms with Crippen molar-refractivity contribution in [3.63, 3.8) is 0 Å². The fourth-order valence-electron chi connectivity index (χ4n) is 3.53. The van der Waals surface area contributed by atoms with Gasteiger partial charge in [-0.2, -0.15) is 10.2 Å². The van der Waals surface area contributed by atoms with Crippen LogP contribution in [0.2, 0.25) is 0 Å². The van der Waals surface area contributed by atoms with Crippen molar-refractivity contribution in [2.75, 3.05) is 11.1 Å². The molecule has 0 aliphatic carbocycles. The smallest absolute Gasteiger partial charge is 0.154 e. The molecule has 0 aliphatic heterocycles. The van der Waals surface area contributed by atoms with Gasteiger partial charge >= 0.3 is 0 Å². The van der Waals surface area contributed by atoms with Gasteiger partial charge in [0.25, 0.3) is 0 Å². The highest BCUT2D eigenvalue weighted by Gasteiger charge is 2.08. The summed E-state index contributed by atoms with van der Waals surface area (Å²) < 4.78 is 1.90. The molecule has 33 heavy (non-hydrogen) atoms. The molecule has 4 aromatic heterocycles. The first-order valence-corrected chi connectivity index (χ1v) is 10.8. The molecule has 0 amide bonds. The molecular weight excluding hydrogens is 412 g/mol. The number of hydrogen-bond donors (Lipinski definition) is 2. The number of pyridine rings is 2. The van der Waals surface area contributed by atoms with E-state index >= 15 is 0 Å². The van der Waals surface area contributed by atoms with Gasteiger partial charge in [-0.05, 0) is 53.4 Å². The van der Waals surface area contributed by atoms with Crippen molar-refractivity contribution < 1.29 is 0 Å². The van der Waals surface area contributed by atoms with Crippen molar-refractivity contribution in [2.24, 2.45) is 0 Å². The molecule has 164 valence electrons. The summed E-state index contributed by atoms with van der Waals surface area (Å²) in [4.78, 5) is 9.31. The number of rotatable bonds is 6. The highest BCUT2D eigenvalue weighted by atomic mass is 15.3. The van der Waals surface area contributed by atoms with E-state index in [9.17, 15) is 0 Å². The van der Waals surface area contributed by atoms with Crippen LogP contribution in [0.5, 0.6) is 0 Å². The molecule has 0 saturated carbocycles. The molecule has 8 heteroatoms. The number of nitrogens with two attached hydrogens (primary N) is 1. The van der Waals surface area contributed by atoms with Gasteiger partial charge < -0.3 is 11.1 Å². The molecule has 0 bridgehead atoms. The largest absolute Gasteiger partial charge is 0.399 e. The maximum Gasteiger partial charge on any atom is 0.154 e. The average molecular weight is 437 g/mol. The molecule has 4 heterocycles. The third kappa shape index (κ3) is 4.64. The van der Waals surface area contributed by atoms with Crippen LogP contribution in [0, 0.1) is 0 Å². The Morgan fingerprint density at radius 3 is 2.58 bits per heavy atom. The lowest BCUT2D eigenvalue weighted by atomic mass is 10.1. The van der Waals surface area contributed by atoms with Crippen LogP contribution in [0.1, 0.15) is 30.9 Å². The van der Waals surface area contributed by atoms with Gasteiger partial charge in [0.2, 0.25) is 0 Å². The Morgan fingerprint density at radius 1 is 0.909 bits per heavy atom. The Labute approximate surface area is 191 Å². The minimum atomic E-state index is 0.373. The van der Waals surface area contributed by atoms with E-state index in [1.54, 1.807) is 6.20 Å². The van der Waals surface area contributed by atoms with E-state index in [4.69, 9.17) is 10.7 Å². The maximum absolute atomic E-state index is 5.77. The quantitative estimate of drug-likeness (QED) is 0.369. The molecule has 0 fully saturated rings. The number of benzene rings is 1. The molecule has 0 radical (unpaired) electrons. The van der Waals surface area contributed by atoms with Crippen LogP contribution in [0.25, 0.3) is 22.2 Å². The van der Waals surface area contributed by atoms with Gasteiger partial charge in [0.15, 0.2) is 5.82 Å². The summed E-state index contributed by atoms with van der Waals surface area (Å²) in [6.45, 7) is 4.92. The number of nitrogens with zero attached hydrogens (tertiary/aromatic N) is 6. The third-order valence-corrected chi connectivity index (χ3v) is 5.43. The van der Waals surface area contributed by atoms with E-state index < -0.39 is 0 Å². The molecule has 3 N–H and O–H groups in total. The van der Waals surface area contributed by atoms with Gasteiger partial charge in [0.1, 0.15) is 5.82 Å². The second-order valence-electron chi connectivity index (χ2n) is 8.28. The Balaban J connectivity index is 1.38. The van der Waals surface area contributed by atoms with Crippen molar-refractivity contribution in [3.8, 4) is 11.1 Å². The predicted molar refractivity (Wildman–Crippen MR) is 130 cm³/mol. The lowest BCUT2D eigenvalue weighted by molar-refractivity contribution is 0.687. The van der Waals surface area contributed by atoms with E-state index in [2.05, 4.69) is 39.4 Å². The molecule has 0 unspecified atom stereocenters. The Hall–Kier alpha value is -4.33. The molecule has 0 aliphatic rings. The lowest BCUT2D eigenvalue weighted by Crippen LogP contribution is -2.00. The fraction of sp³-hybridized carbons (Fsp3) is 0.160. The van der Waals surface area contributed by atoms with E-state index in [-0.39, 0.29) is 0 Å². The minimum absolute atomic E-state index is 0.373. The van der Waals surface area contributed by atoms with E-state index in [1.807, 2.05) is 71.8 Å². The van der Waals surface area contributed by atoms with Gasteiger partial charge in [-0.25, -0.2) is 4.98 Å². The summed E-state index contributed by atoms with van der Waals surface area (Å²) in [5, 5.41) is 16.0. The molecular formula is C25H24N8. The van der Waals surface area contributed by atoms with Crippen LogP contribution in [0.15, 0.2) is 73.3 Å². The zero-order chi connectivity index (χ0) is 22.8. The van der Waals surface area contributed by atoms with Crippen molar-refractivity contribution in [3.05, 3.63) is 84.4 Å². The summed E-state index contributed by atoms with van der Waals surface area (Å²) >= 11 is 0. The van der Waals surface area contributed by atoms with Crippen LogP contribution in [0.4, 0.5) is 17.3 Å². The molecule has 5 rings (SSSR count). The lowest BCUT2D eigenvalue weighted by Gasteiger charge is -2.09. The fourth-order valence-corrected chi connectivity index (χ4v) is 3.53. The second kappa shape index (κ2) is 8.66. The van der Waals surface area contributed by atoms with Gasteiger partial charge in [0.05, 0.1) is 30.0 Å². The van der Waals surface area contributed by atoms with Crippen molar-refractivity contribution in [1.82, 2.24) is 29.9 Å². The molecule has 5 aromatic rings. The summed E-state index contributed by atoms with van der Waals surface area (Å²) in [6.07, 6.45) is 7.48. The normalized spacial score (nSPS) is 11.2. The predicted octanol–water partition coefficient (Wildman–Crippen LogP) is 4.78.